The highest BCUT2D eigenvalue weighted by atomic mass is 32.2. The van der Waals surface area contributed by atoms with Gasteiger partial charge in [-0.15, -0.1) is 11.3 Å². The lowest BCUT2D eigenvalue weighted by atomic mass is 10.5. The molecule has 0 bridgehead atoms. The molecule has 0 spiro atoms. The Morgan fingerprint density at radius 3 is 2.72 bits per heavy atom. The minimum Gasteiger partial charge on any atom is -0.315 e. The van der Waals surface area contributed by atoms with Gasteiger partial charge in [0.15, 0.2) is 4.21 Å². The average Bonchev–Trinajstić information content (AvgIpc) is 2.88. The Labute approximate surface area is 112 Å². The summed E-state index contributed by atoms with van der Waals surface area (Å²) >= 11 is 2.11. The molecule has 98 valence electrons. The molecule has 18 heavy (non-hydrogen) atoms. The van der Waals surface area contributed by atoms with Gasteiger partial charge in [0.1, 0.15) is 0 Å². The van der Waals surface area contributed by atoms with Crippen LogP contribution in [0.3, 0.4) is 0 Å². The highest BCUT2D eigenvalue weighted by Gasteiger charge is 2.26. The quantitative estimate of drug-likeness (QED) is 0.914. The molecule has 2 heterocycles. The van der Waals surface area contributed by atoms with Crippen LogP contribution in [0.25, 0.3) is 0 Å². The van der Waals surface area contributed by atoms with Gasteiger partial charge in [-0.05, 0) is 6.92 Å². The van der Waals surface area contributed by atoms with Crippen molar-refractivity contribution in [3.05, 3.63) is 31.9 Å². The van der Waals surface area contributed by atoms with Crippen LogP contribution in [0.4, 0.5) is 0 Å². The molecule has 0 unspecified atom stereocenters. The molecule has 9 heteroatoms. The molecule has 0 aliphatic carbocycles. The molecule has 0 fully saturated rings. The third kappa shape index (κ3) is 2.53. The SMILES string of the molecule is Cc1[nH]c(=O)sc1S(=O)(=O)N(C)Cc1cscn1. The van der Waals surface area contributed by atoms with Crippen LogP contribution >= 0.6 is 22.7 Å². The molecule has 0 saturated carbocycles. The second kappa shape index (κ2) is 4.92. The maximum absolute atomic E-state index is 12.2. The number of hydrogen-bond acceptors (Lipinski definition) is 6. The Bertz CT molecular complexity index is 684. The topological polar surface area (TPSA) is 83.1 Å². The van der Waals surface area contributed by atoms with Crippen molar-refractivity contribution in [2.45, 2.75) is 17.7 Å². The van der Waals surface area contributed by atoms with Crippen molar-refractivity contribution in [1.29, 1.82) is 0 Å². The minimum atomic E-state index is -3.64. The average molecular weight is 305 g/mol. The third-order valence-corrected chi connectivity index (χ3v) is 6.31. The highest BCUT2D eigenvalue weighted by Crippen LogP contribution is 2.21. The Morgan fingerprint density at radius 2 is 2.22 bits per heavy atom. The molecule has 0 amide bonds. The van der Waals surface area contributed by atoms with Crippen LogP contribution in [0.15, 0.2) is 19.9 Å². The summed E-state index contributed by atoms with van der Waals surface area (Å²) in [5.41, 5.74) is 2.71. The first-order chi connectivity index (χ1) is 8.41. The normalized spacial score (nSPS) is 12.2. The molecule has 0 radical (unpaired) electrons. The Balaban J connectivity index is 2.31. The summed E-state index contributed by atoms with van der Waals surface area (Å²) < 4.78 is 25.7. The van der Waals surface area contributed by atoms with Crippen LogP contribution in [0.2, 0.25) is 0 Å². The molecule has 0 aliphatic rings. The number of aryl methyl sites for hydroxylation is 1. The molecule has 6 nitrogen and oxygen atoms in total. The molecule has 0 aliphatic heterocycles. The number of aromatic nitrogens is 2. The van der Waals surface area contributed by atoms with Crippen molar-refractivity contribution in [2.24, 2.45) is 0 Å². The van der Waals surface area contributed by atoms with E-state index in [1.807, 2.05) is 0 Å². The summed E-state index contributed by atoms with van der Waals surface area (Å²) in [4.78, 5) is 17.3. The lowest BCUT2D eigenvalue weighted by Gasteiger charge is -2.14. The predicted molar refractivity (Wildman–Crippen MR) is 70.4 cm³/mol. The lowest BCUT2D eigenvalue weighted by Crippen LogP contribution is -2.26. The summed E-state index contributed by atoms with van der Waals surface area (Å²) in [7, 11) is -2.17. The fourth-order valence-electron chi connectivity index (χ4n) is 1.41. The maximum Gasteiger partial charge on any atom is 0.305 e. The molecule has 2 aromatic heterocycles. The fourth-order valence-corrected chi connectivity index (χ4v) is 4.59. The Morgan fingerprint density at radius 1 is 1.50 bits per heavy atom. The van der Waals surface area contributed by atoms with Crippen LogP contribution in [0, 0.1) is 6.92 Å². The van der Waals surface area contributed by atoms with E-state index in [0.29, 0.717) is 22.7 Å². The van der Waals surface area contributed by atoms with Crippen molar-refractivity contribution in [2.75, 3.05) is 7.05 Å². The molecule has 2 aromatic rings. The van der Waals surface area contributed by atoms with E-state index in [-0.39, 0.29) is 15.6 Å². The van der Waals surface area contributed by atoms with Crippen LogP contribution in [0.5, 0.6) is 0 Å². The number of rotatable bonds is 4. The van der Waals surface area contributed by atoms with E-state index in [1.54, 1.807) is 17.8 Å². The van der Waals surface area contributed by atoms with E-state index in [2.05, 4.69) is 9.97 Å². The molecule has 1 N–H and O–H groups in total. The third-order valence-electron chi connectivity index (χ3n) is 2.29. The number of thiazole rings is 2. The number of sulfonamides is 1. The van der Waals surface area contributed by atoms with Gasteiger partial charge >= 0.3 is 4.87 Å². The van der Waals surface area contributed by atoms with Gasteiger partial charge in [-0.2, -0.15) is 4.31 Å². The maximum atomic E-state index is 12.2. The van der Waals surface area contributed by atoms with E-state index in [1.165, 1.54) is 22.7 Å². The fraction of sp³-hybridized carbons (Fsp3) is 0.333. The van der Waals surface area contributed by atoms with Gasteiger partial charge in [0.05, 0.1) is 17.7 Å². The number of hydrogen-bond donors (Lipinski definition) is 1. The summed E-state index contributed by atoms with van der Waals surface area (Å²) in [5, 5.41) is 1.79. The lowest BCUT2D eigenvalue weighted by molar-refractivity contribution is 0.464. The van der Waals surface area contributed by atoms with E-state index in [4.69, 9.17) is 0 Å². The summed E-state index contributed by atoms with van der Waals surface area (Å²) in [6.07, 6.45) is 0. The van der Waals surface area contributed by atoms with Crippen LogP contribution in [0.1, 0.15) is 11.4 Å². The van der Waals surface area contributed by atoms with Crippen LogP contribution in [-0.4, -0.2) is 29.7 Å². The highest BCUT2D eigenvalue weighted by molar-refractivity contribution is 7.91. The van der Waals surface area contributed by atoms with E-state index >= 15 is 0 Å². The van der Waals surface area contributed by atoms with Gasteiger partial charge in [0.2, 0.25) is 0 Å². The molecule has 2 rings (SSSR count). The first kappa shape index (κ1) is 13.4. The van der Waals surface area contributed by atoms with Crippen LogP contribution < -0.4 is 4.87 Å². The summed E-state index contributed by atoms with van der Waals surface area (Å²) in [5.74, 6) is 0. The largest absolute Gasteiger partial charge is 0.315 e. The first-order valence-corrected chi connectivity index (χ1v) is 8.14. The number of H-pyrrole nitrogens is 1. The van der Waals surface area contributed by atoms with E-state index in [9.17, 15) is 13.2 Å². The number of nitrogens with zero attached hydrogens (tertiary/aromatic N) is 2. The first-order valence-electron chi connectivity index (χ1n) is 4.94. The van der Waals surface area contributed by atoms with E-state index in [0.717, 1.165) is 0 Å². The minimum absolute atomic E-state index is 0.0604. The molecule has 0 atom stereocenters. The van der Waals surface area contributed by atoms with Crippen molar-refractivity contribution >= 4 is 32.7 Å². The standard InChI is InChI=1S/C9H11N3O3S3/c1-6-8(17-9(13)11-6)18(14,15)12(2)3-7-4-16-5-10-7/h4-5H,3H2,1-2H3,(H,11,13). The van der Waals surface area contributed by atoms with Gasteiger partial charge in [-0.25, -0.2) is 13.4 Å². The Hall–Kier alpha value is -1.03. The van der Waals surface area contributed by atoms with Gasteiger partial charge in [-0.3, -0.25) is 4.79 Å². The molecular formula is C9H11N3O3S3. The van der Waals surface area contributed by atoms with Crippen molar-refractivity contribution in [3.63, 3.8) is 0 Å². The van der Waals surface area contributed by atoms with Gasteiger partial charge in [0, 0.05) is 18.1 Å². The molecular weight excluding hydrogens is 294 g/mol. The van der Waals surface area contributed by atoms with Gasteiger partial charge < -0.3 is 4.98 Å². The zero-order valence-electron chi connectivity index (χ0n) is 9.71. The van der Waals surface area contributed by atoms with Crippen molar-refractivity contribution in [3.8, 4) is 0 Å². The summed E-state index contributed by atoms with van der Waals surface area (Å²) in [6, 6.07) is 0. The monoisotopic (exact) mass is 305 g/mol. The summed E-state index contributed by atoms with van der Waals surface area (Å²) in [6.45, 7) is 1.76. The second-order valence-corrected chi connectivity index (χ2v) is 7.61. The van der Waals surface area contributed by atoms with Gasteiger partial charge in [-0.1, -0.05) is 11.3 Å². The number of nitrogens with one attached hydrogen (secondary N) is 1. The van der Waals surface area contributed by atoms with Gasteiger partial charge in [0.25, 0.3) is 10.0 Å². The van der Waals surface area contributed by atoms with Crippen LogP contribution in [-0.2, 0) is 16.6 Å². The molecule has 0 saturated heterocycles. The number of aromatic amines is 1. The van der Waals surface area contributed by atoms with Crippen molar-refractivity contribution < 1.29 is 8.42 Å². The smallest absolute Gasteiger partial charge is 0.305 e. The molecule has 0 aromatic carbocycles. The zero-order valence-corrected chi connectivity index (χ0v) is 12.2. The predicted octanol–water partition coefficient (Wildman–Crippen LogP) is 1.02. The zero-order chi connectivity index (χ0) is 13.3. The Kier molecular flexibility index (Phi) is 3.66. The van der Waals surface area contributed by atoms with Crippen molar-refractivity contribution in [1.82, 2.24) is 14.3 Å². The second-order valence-electron chi connectivity index (χ2n) is 3.67. The van der Waals surface area contributed by atoms with E-state index < -0.39 is 10.0 Å².